The van der Waals surface area contributed by atoms with Gasteiger partial charge in [-0.05, 0) is 37.6 Å². The van der Waals surface area contributed by atoms with Crippen LogP contribution in [0, 0.1) is 6.92 Å². The monoisotopic (exact) mass is 313 g/mol. The summed E-state index contributed by atoms with van der Waals surface area (Å²) in [6, 6.07) is 16.6. The molecule has 2 aromatic rings. The van der Waals surface area contributed by atoms with Gasteiger partial charge >= 0.3 is 0 Å². The molecule has 2 nitrogen and oxygen atoms in total. The number of ether oxygens (including phenoxy) is 1. The van der Waals surface area contributed by atoms with Gasteiger partial charge in [0.15, 0.2) is 0 Å². The maximum Gasteiger partial charge on any atom is 0.142 e. The van der Waals surface area contributed by atoms with E-state index in [0.29, 0.717) is 0 Å². The van der Waals surface area contributed by atoms with Gasteiger partial charge in [0.25, 0.3) is 0 Å². The molecule has 22 heavy (non-hydrogen) atoms. The predicted octanol–water partition coefficient (Wildman–Crippen LogP) is 5.50. The van der Waals surface area contributed by atoms with Gasteiger partial charge in [0.05, 0.1) is 12.8 Å². The highest BCUT2D eigenvalue weighted by Gasteiger charge is 2.05. The van der Waals surface area contributed by atoms with E-state index in [9.17, 15) is 0 Å². The van der Waals surface area contributed by atoms with Gasteiger partial charge in [0.1, 0.15) is 5.75 Å². The maximum atomic E-state index is 5.41. The standard InChI is InChI=1S/C19H23NOS/c1-4-8-16(14-22-17-10-7-9-15(2)13-17)20-18-11-5-6-12-19(18)21-3/h5-13,20H,4,14H2,1-3H3/b16-8+. The summed E-state index contributed by atoms with van der Waals surface area (Å²) < 4.78 is 5.41. The molecule has 0 amide bonds. The smallest absolute Gasteiger partial charge is 0.142 e. The van der Waals surface area contributed by atoms with Gasteiger partial charge in [-0.25, -0.2) is 0 Å². The summed E-state index contributed by atoms with van der Waals surface area (Å²) >= 11 is 1.84. The lowest BCUT2D eigenvalue weighted by Crippen LogP contribution is -2.04. The average Bonchev–Trinajstić information content (AvgIpc) is 2.53. The molecule has 0 bridgehead atoms. The van der Waals surface area contributed by atoms with E-state index in [2.05, 4.69) is 49.5 Å². The van der Waals surface area contributed by atoms with Gasteiger partial charge in [-0.15, -0.1) is 11.8 Å². The molecule has 0 saturated carbocycles. The summed E-state index contributed by atoms with van der Waals surface area (Å²) in [5, 5.41) is 3.50. The molecule has 0 radical (unpaired) electrons. The van der Waals surface area contributed by atoms with Crippen LogP contribution in [0.3, 0.4) is 0 Å². The minimum Gasteiger partial charge on any atom is -0.495 e. The Bertz CT molecular complexity index is 637. The molecule has 116 valence electrons. The second-order valence-corrected chi connectivity index (χ2v) is 6.12. The van der Waals surface area contributed by atoms with E-state index in [1.54, 1.807) is 7.11 Å². The second-order valence-electron chi connectivity index (χ2n) is 5.07. The maximum absolute atomic E-state index is 5.41. The van der Waals surface area contributed by atoms with Crippen LogP contribution in [0.1, 0.15) is 18.9 Å². The van der Waals surface area contributed by atoms with E-state index in [-0.39, 0.29) is 0 Å². The molecular weight excluding hydrogens is 290 g/mol. The molecule has 0 heterocycles. The van der Waals surface area contributed by atoms with Gasteiger partial charge in [-0.3, -0.25) is 0 Å². The number of para-hydroxylation sites is 2. The van der Waals surface area contributed by atoms with E-state index in [4.69, 9.17) is 4.74 Å². The van der Waals surface area contributed by atoms with Crippen molar-refractivity contribution in [1.29, 1.82) is 0 Å². The van der Waals surface area contributed by atoms with Crippen LogP contribution < -0.4 is 10.1 Å². The summed E-state index contributed by atoms with van der Waals surface area (Å²) in [5.41, 5.74) is 3.51. The van der Waals surface area contributed by atoms with Crippen LogP contribution >= 0.6 is 11.8 Å². The van der Waals surface area contributed by atoms with Crippen LogP contribution in [-0.2, 0) is 0 Å². The summed E-state index contributed by atoms with van der Waals surface area (Å²) in [5.74, 6) is 1.78. The highest BCUT2D eigenvalue weighted by molar-refractivity contribution is 7.99. The van der Waals surface area contributed by atoms with Crippen molar-refractivity contribution in [2.75, 3.05) is 18.2 Å². The molecule has 0 saturated heterocycles. The summed E-state index contributed by atoms with van der Waals surface area (Å²) in [6.45, 7) is 4.28. The van der Waals surface area contributed by atoms with Crippen molar-refractivity contribution in [3.8, 4) is 5.75 Å². The number of allylic oxidation sites excluding steroid dienone is 1. The summed E-state index contributed by atoms with van der Waals surface area (Å²) in [4.78, 5) is 1.30. The third-order valence-electron chi connectivity index (χ3n) is 3.24. The molecule has 0 fully saturated rings. The molecule has 0 aliphatic heterocycles. The minimum absolute atomic E-state index is 0.866. The molecule has 0 aliphatic carbocycles. The van der Waals surface area contributed by atoms with Crippen LogP contribution in [0.15, 0.2) is 65.2 Å². The Morgan fingerprint density at radius 1 is 1.18 bits per heavy atom. The van der Waals surface area contributed by atoms with Crippen molar-refractivity contribution in [2.24, 2.45) is 0 Å². The van der Waals surface area contributed by atoms with Gasteiger partial charge in [-0.2, -0.15) is 0 Å². The number of methoxy groups -OCH3 is 1. The third-order valence-corrected chi connectivity index (χ3v) is 4.28. The van der Waals surface area contributed by atoms with Crippen LogP contribution in [0.5, 0.6) is 5.75 Å². The number of thioether (sulfide) groups is 1. The van der Waals surface area contributed by atoms with Crippen molar-refractivity contribution >= 4 is 17.4 Å². The highest BCUT2D eigenvalue weighted by atomic mass is 32.2. The Labute approximate surface area is 137 Å². The summed E-state index contributed by atoms with van der Waals surface area (Å²) in [7, 11) is 1.70. The number of aryl methyl sites for hydroxylation is 1. The first kappa shape index (κ1) is 16.5. The lowest BCUT2D eigenvalue weighted by Gasteiger charge is -2.14. The molecule has 3 heteroatoms. The molecule has 0 unspecified atom stereocenters. The zero-order chi connectivity index (χ0) is 15.8. The van der Waals surface area contributed by atoms with Gasteiger partial charge in [0.2, 0.25) is 0 Å². The molecule has 2 aromatic carbocycles. The van der Waals surface area contributed by atoms with Gasteiger partial charge in [-0.1, -0.05) is 42.8 Å². The van der Waals surface area contributed by atoms with Crippen molar-refractivity contribution < 1.29 is 4.74 Å². The lowest BCUT2D eigenvalue weighted by molar-refractivity contribution is 0.416. The normalized spacial score (nSPS) is 11.3. The number of rotatable bonds is 7. The Morgan fingerprint density at radius 3 is 2.73 bits per heavy atom. The van der Waals surface area contributed by atoms with Crippen molar-refractivity contribution in [1.82, 2.24) is 0 Å². The number of hydrogen-bond acceptors (Lipinski definition) is 3. The summed E-state index contributed by atoms with van der Waals surface area (Å²) in [6.07, 6.45) is 3.24. The number of anilines is 1. The lowest BCUT2D eigenvalue weighted by atomic mass is 10.2. The fourth-order valence-electron chi connectivity index (χ4n) is 2.18. The molecule has 0 spiro atoms. The highest BCUT2D eigenvalue weighted by Crippen LogP contribution is 2.27. The minimum atomic E-state index is 0.866. The molecule has 0 aromatic heterocycles. The number of nitrogens with one attached hydrogen (secondary N) is 1. The van der Waals surface area contributed by atoms with Gasteiger partial charge in [0, 0.05) is 16.3 Å². The molecule has 2 rings (SSSR count). The van der Waals surface area contributed by atoms with Crippen LogP contribution in [-0.4, -0.2) is 12.9 Å². The first-order valence-electron chi connectivity index (χ1n) is 7.51. The zero-order valence-corrected chi connectivity index (χ0v) is 14.2. The second kappa shape index (κ2) is 8.54. The van der Waals surface area contributed by atoms with Crippen molar-refractivity contribution in [2.45, 2.75) is 25.2 Å². The van der Waals surface area contributed by atoms with Crippen LogP contribution in [0.4, 0.5) is 5.69 Å². The fourth-order valence-corrected chi connectivity index (χ4v) is 3.14. The molecular formula is C19H23NOS. The Kier molecular flexibility index (Phi) is 6.41. The third kappa shape index (κ3) is 4.85. The Balaban J connectivity index is 2.06. The molecule has 1 N–H and O–H groups in total. The van der Waals surface area contributed by atoms with E-state index < -0.39 is 0 Å². The predicted molar refractivity (Wildman–Crippen MR) is 96.9 cm³/mol. The zero-order valence-electron chi connectivity index (χ0n) is 13.4. The largest absolute Gasteiger partial charge is 0.495 e. The average molecular weight is 313 g/mol. The van der Waals surface area contributed by atoms with E-state index in [0.717, 1.165) is 23.6 Å². The number of benzene rings is 2. The fraction of sp³-hybridized carbons (Fsp3) is 0.263. The Morgan fingerprint density at radius 2 is 2.00 bits per heavy atom. The number of hydrogen-bond donors (Lipinski definition) is 1. The van der Waals surface area contributed by atoms with Crippen molar-refractivity contribution in [3.05, 3.63) is 65.9 Å². The van der Waals surface area contributed by atoms with Crippen LogP contribution in [0.25, 0.3) is 0 Å². The molecule has 0 atom stereocenters. The van der Waals surface area contributed by atoms with Gasteiger partial charge < -0.3 is 10.1 Å². The van der Waals surface area contributed by atoms with Crippen LogP contribution in [0.2, 0.25) is 0 Å². The SMILES string of the molecule is CC/C=C(\CSc1cccc(C)c1)Nc1ccccc1OC. The first-order chi connectivity index (χ1) is 10.7. The quantitative estimate of drug-likeness (QED) is 0.682. The molecule has 0 aliphatic rings. The van der Waals surface area contributed by atoms with Crippen molar-refractivity contribution in [3.63, 3.8) is 0 Å². The van der Waals surface area contributed by atoms with E-state index in [1.165, 1.54) is 16.2 Å². The first-order valence-corrected chi connectivity index (χ1v) is 8.50. The Hall–Kier alpha value is -1.87. The van der Waals surface area contributed by atoms with E-state index >= 15 is 0 Å². The van der Waals surface area contributed by atoms with E-state index in [1.807, 2.05) is 36.0 Å². The topological polar surface area (TPSA) is 21.3 Å².